The molecule has 4 heteroatoms. The lowest BCUT2D eigenvalue weighted by Crippen LogP contribution is -2.08. The Balaban J connectivity index is 3.27. The minimum absolute atomic E-state index is 0.341. The van der Waals surface area contributed by atoms with Crippen LogP contribution in [0, 0.1) is 0 Å². The first-order valence-corrected chi connectivity index (χ1v) is 6.44. The number of hydrogen-bond acceptors (Lipinski definition) is 3. The van der Waals surface area contributed by atoms with E-state index in [0.29, 0.717) is 10.5 Å². The monoisotopic (exact) mass is 225 g/mol. The van der Waals surface area contributed by atoms with Crippen molar-refractivity contribution in [2.24, 2.45) is 0 Å². The molecule has 0 saturated carbocycles. The van der Waals surface area contributed by atoms with Crippen molar-refractivity contribution >= 4 is 14.7 Å². The fourth-order valence-corrected chi connectivity index (χ4v) is 2.19. The highest BCUT2D eigenvalue weighted by molar-refractivity contribution is 7.99. The minimum Gasteiger partial charge on any atom is -0.382 e. The van der Waals surface area contributed by atoms with Crippen molar-refractivity contribution in [3.63, 3.8) is 0 Å². The van der Waals surface area contributed by atoms with E-state index in [4.69, 9.17) is 0 Å². The molecule has 0 heterocycles. The van der Waals surface area contributed by atoms with Crippen molar-refractivity contribution in [2.45, 2.75) is 0 Å². The molecule has 0 saturated heterocycles. The lowest BCUT2D eigenvalue weighted by molar-refractivity contribution is 0.564. The maximum Gasteiger partial charge on any atom is 0.177 e. The maximum absolute atomic E-state index is 11.6. The Kier molecular flexibility index (Phi) is 3.52. The van der Waals surface area contributed by atoms with E-state index >= 15 is 0 Å². The predicted octanol–water partition coefficient (Wildman–Crippen LogP) is 1.59. The molecule has 0 aliphatic heterocycles. The number of nitrogens with zero attached hydrogens (tertiary/aromatic N) is 1. The first kappa shape index (κ1) is 11.8. The van der Waals surface area contributed by atoms with Crippen LogP contribution in [0.2, 0.25) is 0 Å². The lowest BCUT2D eigenvalue weighted by atomic mass is 10.2. The van der Waals surface area contributed by atoms with Gasteiger partial charge in [-0.25, -0.2) is 8.42 Å². The molecule has 0 atom stereocenters. The topological polar surface area (TPSA) is 37.4 Å². The highest BCUT2D eigenvalue weighted by Crippen LogP contribution is 2.19. The summed E-state index contributed by atoms with van der Waals surface area (Å²) in [6.07, 6.45) is 2.83. The van der Waals surface area contributed by atoms with Gasteiger partial charge in [0.25, 0.3) is 0 Å². The van der Waals surface area contributed by atoms with E-state index in [0.717, 1.165) is 0 Å². The van der Waals surface area contributed by atoms with Gasteiger partial charge in [-0.2, -0.15) is 0 Å². The van der Waals surface area contributed by atoms with Gasteiger partial charge in [0, 0.05) is 26.6 Å². The van der Waals surface area contributed by atoms with Crippen LogP contribution in [0.5, 0.6) is 0 Å². The zero-order valence-corrected chi connectivity index (χ0v) is 9.95. The predicted molar refractivity (Wildman–Crippen MR) is 62.9 cm³/mol. The van der Waals surface area contributed by atoms with Gasteiger partial charge in [0.15, 0.2) is 9.84 Å². The van der Waals surface area contributed by atoms with Gasteiger partial charge in [-0.1, -0.05) is 30.3 Å². The molecule has 0 amide bonds. The second-order valence-corrected chi connectivity index (χ2v) is 5.58. The molecule has 82 valence electrons. The van der Waals surface area contributed by atoms with Crippen LogP contribution in [0.4, 0.5) is 0 Å². The second kappa shape index (κ2) is 4.49. The zero-order chi connectivity index (χ0) is 11.5. The van der Waals surface area contributed by atoms with E-state index in [2.05, 4.69) is 0 Å². The van der Waals surface area contributed by atoms with Crippen LogP contribution in [0.25, 0.3) is 4.91 Å². The molecule has 1 rings (SSSR count). The van der Waals surface area contributed by atoms with E-state index in [-0.39, 0.29) is 0 Å². The minimum atomic E-state index is -3.19. The van der Waals surface area contributed by atoms with E-state index in [1.54, 1.807) is 37.3 Å². The maximum atomic E-state index is 11.6. The molecule has 15 heavy (non-hydrogen) atoms. The largest absolute Gasteiger partial charge is 0.382 e. The highest BCUT2D eigenvalue weighted by atomic mass is 32.2. The second-order valence-electron chi connectivity index (χ2n) is 3.60. The summed E-state index contributed by atoms with van der Waals surface area (Å²) in [7, 11) is 0.406. The van der Waals surface area contributed by atoms with Gasteiger partial charge in [-0.15, -0.1) is 0 Å². The zero-order valence-electron chi connectivity index (χ0n) is 9.14. The summed E-state index contributed by atoms with van der Waals surface area (Å²) >= 11 is 0. The summed E-state index contributed by atoms with van der Waals surface area (Å²) in [6.45, 7) is 0. The van der Waals surface area contributed by atoms with E-state index in [9.17, 15) is 8.42 Å². The van der Waals surface area contributed by atoms with Crippen molar-refractivity contribution in [1.29, 1.82) is 0 Å². The van der Waals surface area contributed by atoms with Gasteiger partial charge in [0.1, 0.15) is 0 Å². The van der Waals surface area contributed by atoms with Gasteiger partial charge in [-0.05, 0) is 5.56 Å². The molecule has 1 aromatic carbocycles. The fraction of sp³-hybridized carbons (Fsp3) is 0.273. The summed E-state index contributed by atoms with van der Waals surface area (Å²) in [5, 5.41) is 0. The number of benzene rings is 1. The summed E-state index contributed by atoms with van der Waals surface area (Å²) in [5.41, 5.74) is 0.716. The Morgan fingerprint density at radius 1 is 1.20 bits per heavy atom. The first-order valence-electron chi connectivity index (χ1n) is 4.55. The van der Waals surface area contributed by atoms with Crippen LogP contribution in [-0.4, -0.2) is 33.7 Å². The van der Waals surface area contributed by atoms with Gasteiger partial charge < -0.3 is 4.90 Å². The highest BCUT2D eigenvalue weighted by Gasteiger charge is 2.13. The third kappa shape index (κ3) is 3.40. The average molecular weight is 225 g/mol. The molecule has 0 unspecified atom stereocenters. The normalized spacial score (nSPS) is 12.6. The third-order valence-corrected chi connectivity index (χ3v) is 2.97. The van der Waals surface area contributed by atoms with Crippen LogP contribution in [0.3, 0.4) is 0 Å². The Labute approximate surface area is 91.0 Å². The van der Waals surface area contributed by atoms with Crippen LogP contribution in [0.1, 0.15) is 5.56 Å². The Morgan fingerprint density at radius 3 is 2.13 bits per heavy atom. The molecular weight excluding hydrogens is 210 g/mol. The van der Waals surface area contributed by atoms with Crippen molar-refractivity contribution in [1.82, 2.24) is 4.90 Å². The molecule has 0 aliphatic carbocycles. The molecule has 0 spiro atoms. The lowest BCUT2D eigenvalue weighted by Gasteiger charge is -2.10. The van der Waals surface area contributed by atoms with Crippen LogP contribution in [0.15, 0.2) is 36.5 Å². The summed E-state index contributed by atoms with van der Waals surface area (Å²) < 4.78 is 23.1. The van der Waals surface area contributed by atoms with E-state index in [1.165, 1.54) is 6.26 Å². The molecule has 3 nitrogen and oxygen atoms in total. The summed E-state index contributed by atoms with van der Waals surface area (Å²) in [4.78, 5) is 2.07. The number of rotatable bonds is 3. The van der Waals surface area contributed by atoms with E-state index < -0.39 is 9.84 Å². The van der Waals surface area contributed by atoms with Crippen molar-refractivity contribution in [3.05, 3.63) is 42.1 Å². The van der Waals surface area contributed by atoms with Crippen molar-refractivity contribution in [2.75, 3.05) is 20.4 Å². The van der Waals surface area contributed by atoms with Crippen LogP contribution < -0.4 is 0 Å². The van der Waals surface area contributed by atoms with Crippen molar-refractivity contribution in [3.8, 4) is 0 Å². The molecule has 0 aromatic heterocycles. The Bertz CT molecular complexity index is 447. The average Bonchev–Trinajstić information content (AvgIpc) is 2.14. The standard InChI is InChI=1S/C11H15NO2S/c1-12(2)9-11(15(3,13)14)10-7-5-4-6-8-10/h4-9H,1-3H3/b11-9+. The Morgan fingerprint density at radius 2 is 1.73 bits per heavy atom. The van der Waals surface area contributed by atoms with Crippen LogP contribution in [-0.2, 0) is 9.84 Å². The molecule has 0 fully saturated rings. The first-order chi connectivity index (χ1) is 6.91. The van der Waals surface area contributed by atoms with Crippen molar-refractivity contribution < 1.29 is 8.42 Å². The summed E-state index contributed by atoms with van der Waals surface area (Å²) in [5.74, 6) is 0. The van der Waals surface area contributed by atoms with Gasteiger partial charge >= 0.3 is 0 Å². The van der Waals surface area contributed by atoms with Gasteiger partial charge in [-0.3, -0.25) is 0 Å². The Hall–Kier alpha value is -1.29. The quantitative estimate of drug-likeness (QED) is 0.784. The smallest absolute Gasteiger partial charge is 0.177 e. The summed E-state index contributed by atoms with van der Waals surface area (Å²) in [6, 6.07) is 9.08. The number of hydrogen-bond donors (Lipinski definition) is 0. The molecule has 0 radical (unpaired) electrons. The third-order valence-electron chi connectivity index (χ3n) is 1.83. The molecular formula is C11H15NO2S. The molecule has 0 bridgehead atoms. The van der Waals surface area contributed by atoms with Crippen LogP contribution >= 0.6 is 0 Å². The van der Waals surface area contributed by atoms with Gasteiger partial charge in [0.05, 0.1) is 4.91 Å². The SMILES string of the molecule is CN(C)/C=C(\c1ccccc1)S(C)(=O)=O. The molecule has 0 aliphatic rings. The molecule has 0 N–H and O–H groups in total. The fourth-order valence-electron chi connectivity index (χ4n) is 1.22. The van der Waals surface area contributed by atoms with Gasteiger partial charge in [0.2, 0.25) is 0 Å². The van der Waals surface area contributed by atoms with E-state index in [1.807, 2.05) is 18.2 Å². The number of sulfone groups is 1. The molecule has 1 aromatic rings.